The number of halogens is 1. The lowest BCUT2D eigenvalue weighted by atomic mass is 9.92. The van der Waals surface area contributed by atoms with Crippen molar-refractivity contribution in [3.8, 4) is 11.5 Å². The molecule has 2 nitrogen and oxygen atoms in total. The molecule has 2 N–H and O–H groups in total. The molecule has 0 amide bonds. The lowest BCUT2D eigenvalue weighted by Crippen LogP contribution is -2.02. The van der Waals surface area contributed by atoms with E-state index in [4.69, 9.17) is 22.1 Å². The molecule has 3 rings (SSSR count). The van der Waals surface area contributed by atoms with Gasteiger partial charge in [-0.05, 0) is 67.5 Å². The smallest absolute Gasteiger partial charge is 0.131 e. The molecule has 0 aliphatic heterocycles. The molecule has 0 saturated carbocycles. The number of fused-ring (bicyclic) bond motifs is 1. The molecule has 104 valence electrons. The molecule has 0 heterocycles. The average molecular weight is 288 g/mol. The Bertz CT molecular complexity index is 652. The van der Waals surface area contributed by atoms with Gasteiger partial charge in [0.25, 0.3) is 0 Å². The summed E-state index contributed by atoms with van der Waals surface area (Å²) in [6.07, 6.45) is 4.89. The van der Waals surface area contributed by atoms with Crippen molar-refractivity contribution < 1.29 is 4.74 Å². The van der Waals surface area contributed by atoms with Gasteiger partial charge in [0.15, 0.2) is 0 Å². The van der Waals surface area contributed by atoms with Crippen molar-refractivity contribution in [3.05, 3.63) is 52.0 Å². The third-order valence-corrected chi connectivity index (χ3v) is 4.17. The van der Waals surface area contributed by atoms with Gasteiger partial charge in [0.1, 0.15) is 11.5 Å². The maximum absolute atomic E-state index is 6.06. The third kappa shape index (κ3) is 2.61. The number of nitrogens with two attached hydrogens (primary N) is 1. The molecule has 0 radical (unpaired) electrons. The van der Waals surface area contributed by atoms with Crippen LogP contribution in [0.15, 0.2) is 30.3 Å². The van der Waals surface area contributed by atoms with Crippen LogP contribution in [0.5, 0.6) is 11.5 Å². The van der Waals surface area contributed by atoms with E-state index in [0.717, 1.165) is 23.5 Å². The summed E-state index contributed by atoms with van der Waals surface area (Å²) in [7, 11) is 0. The van der Waals surface area contributed by atoms with Gasteiger partial charge in [0, 0.05) is 6.07 Å². The number of ether oxygens (including phenoxy) is 1. The van der Waals surface area contributed by atoms with E-state index >= 15 is 0 Å². The van der Waals surface area contributed by atoms with Crippen LogP contribution in [0.1, 0.15) is 29.5 Å². The van der Waals surface area contributed by atoms with Crippen molar-refractivity contribution in [3.63, 3.8) is 0 Å². The lowest BCUT2D eigenvalue weighted by Gasteiger charge is -2.17. The van der Waals surface area contributed by atoms with E-state index in [1.807, 2.05) is 19.1 Å². The van der Waals surface area contributed by atoms with Crippen LogP contribution in [0.3, 0.4) is 0 Å². The summed E-state index contributed by atoms with van der Waals surface area (Å²) in [5.41, 5.74) is 10.2. The van der Waals surface area contributed by atoms with E-state index in [9.17, 15) is 0 Å². The highest BCUT2D eigenvalue weighted by Crippen LogP contribution is 2.33. The minimum atomic E-state index is 0.531. The fourth-order valence-corrected chi connectivity index (χ4v) is 2.85. The summed E-state index contributed by atoms with van der Waals surface area (Å²) in [4.78, 5) is 0. The van der Waals surface area contributed by atoms with Gasteiger partial charge in [-0.2, -0.15) is 0 Å². The molecule has 3 heteroatoms. The number of hydrogen-bond donors (Lipinski definition) is 1. The average Bonchev–Trinajstić information content (AvgIpc) is 2.44. The normalized spacial score (nSPS) is 13.9. The van der Waals surface area contributed by atoms with Gasteiger partial charge in [-0.1, -0.05) is 17.7 Å². The molecule has 1 aliphatic carbocycles. The first-order valence-electron chi connectivity index (χ1n) is 6.99. The molecule has 0 aromatic heterocycles. The second-order valence-electron chi connectivity index (χ2n) is 5.38. The Balaban J connectivity index is 1.89. The van der Waals surface area contributed by atoms with E-state index in [-0.39, 0.29) is 0 Å². The van der Waals surface area contributed by atoms with Crippen LogP contribution in [-0.2, 0) is 12.8 Å². The largest absolute Gasteiger partial charge is 0.457 e. The summed E-state index contributed by atoms with van der Waals surface area (Å²) >= 11 is 6.06. The molecule has 0 bridgehead atoms. The van der Waals surface area contributed by atoms with Crippen molar-refractivity contribution in [2.24, 2.45) is 0 Å². The van der Waals surface area contributed by atoms with Gasteiger partial charge in [0.2, 0.25) is 0 Å². The van der Waals surface area contributed by atoms with Crippen LogP contribution in [0.2, 0.25) is 5.02 Å². The number of benzene rings is 2. The van der Waals surface area contributed by atoms with E-state index in [2.05, 4.69) is 12.1 Å². The van der Waals surface area contributed by atoms with Crippen LogP contribution in [0.25, 0.3) is 0 Å². The number of aryl methyl sites for hydroxylation is 3. The Morgan fingerprint density at radius 3 is 2.60 bits per heavy atom. The van der Waals surface area contributed by atoms with Crippen molar-refractivity contribution in [1.29, 1.82) is 0 Å². The number of rotatable bonds is 2. The predicted molar refractivity (Wildman–Crippen MR) is 83.8 cm³/mol. The SMILES string of the molecule is Cc1cc(N)c(Cl)cc1Oc1ccc2c(c1)CCCC2. The van der Waals surface area contributed by atoms with Gasteiger partial charge in [-0.3, -0.25) is 0 Å². The van der Waals surface area contributed by atoms with Gasteiger partial charge in [0.05, 0.1) is 10.7 Å². The Kier molecular flexibility index (Phi) is 3.58. The fourth-order valence-electron chi connectivity index (χ4n) is 2.70. The molecule has 20 heavy (non-hydrogen) atoms. The highest BCUT2D eigenvalue weighted by molar-refractivity contribution is 6.33. The summed E-state index contributed by atoms with van der Waals surface area (Å²) in [5.74, 6) is 1.63. The quantitative estimate of drug-likeness (QED) is 0.797. The highest BCUT2D eigenvalue weighted by atomic mass is 35.5. The Morgan fingerprint density at radius 2 is 1.80 bits per heavy atom. The second kappa shape index (κ2) is 5.37. The molecule has 2 aromatic carbocycles. The number of anilines is 1. The Labute approximate surface area is 124 Å². The van der Waals surface area contributed by atoms with E-state index in [1.54, 1.807) is 6.07 Å². The van der Waals surface area contributed by atoms with Crippen molar-refractivity contribution in [1.82, 2.24) is 0 Å². The van der Waals surface area contributed by atoms with Gasteiger partial charge >= 0.3 is 0 Å². The van der Waals surface area contributed by atoms with Crippen molar-refractivity contribution in [2.75, 3.05) is 5.73 Å². The number of hydrogen-bond acceptors (Lipinski definition) is 2. The van der Waals surface area contributed by atoms with Crippen molar-refractivity contribution in [2.45, 2.75) is 32.6 Å². The maximum Gasteiger partial charge on any atom is 0.131 e. The summed E-state index contributed by atoms with van der Waals surface area (Å²) in [6, 6.07) is 9.99. The van der Waals surface area contributed by atoms with Crippen LogP contribution in [0.4, 0.5) is 5.69 Å². The highest BCUT2D eigenvalue weighted by Gasteiger charge is 2.11. The lowest BCUT2D eigenvalue weighted by molar-refractivity contribution is 0.477. The van der Waals surface area contributed by atoms with Crippen LogP contribution in [0, 0.1) is 6.92 Å². The Morgan fingerprint density at radius 1 is 1.05 bits per heavy atom. The zero-order chi connectivity index (χ0) is 14.1. The monoisotopic (exact) mass is 287 g/mol. The standard InChI is InChI=1S/C17H18ClNO/c1-11-8-16(19)15(18)10-17(11)20-14-7-6-12-4-2-3-5-13(12)9-14/h6-10H,2-5,19H2,1H3. The second-order valence-corrected chi connectivity index (χ2v) is 5.79. The summed E-state index contributed by atoms with van der Waals surface area (Å²) in [5, 5.41) is 0.531. The van der Waals surface area contributed by atoms with Crippen molar-refractivity contribution >= 4 is 17.3 Å². The minimum absolute atomic E-state index is 0.531. The topological polar surface area (TPSA) is 35.2 Å². The molecule has 0 unspecified atom stereocenters. The number of nitrogen functional groups attached to an aromatic ring is 1. The first kappa shape index (κ1) is 13.3. The van der Waals surface area contributed by atoms with E-state index in [1.165, 1.54) is 30.4 Å². The molecular weight excluding hydrogens is 270 g/mol. The molecule has 0 spiro atoms. The first-order valence-corrected chi connectivity index (χ1v) is 7.36. The fraction of sp³-hybridized carbons (Fsp3) is 0.294. The maximum atomic E-state index is 6.06. The van der Waals surface area contributed by atoms with Gasteiger partial charge in [-0.25, -0.2) is 0 Å². The van der Waals surface area contributed by atoms with E-state index < -0.39 is 0 Å². The zero-order valence-electron chi connectivity index (χ0n) is 11.6. The third-order valence-electron chi connectivity index (χ3n) is 3.84. The van der Waals surface area contributed by atoms with Crippen LogP contribution >= 0.6 is 11.6 Å². The predicted octanol–water partition coefficient (Wildman–Crippen LogP) is 4.90. The van der Waals surface area contributed by atoms with Gasteiger partial charge < -0.3 is 10.5 Å². The van der Waals surface area contributed by atoms with E-state index in [0.29, 0.717) is 10.7 Å². The molecule has 1 aliphatic rings. The van der Waals surface area contributed by atoms with Crippen LogP contribution in [-0.4, -0.2) is 0 Å². The molecular formula is C17H18ClNO. The first-order chi connectivity index (χ1) is 9.63. The molecule has 0 saturated heterocycles. The Hall–Kier alpha value is -1.67. The van der Waals surface area contributed by atoms with Gasteiger partial charge in [-0.15, -0.1) is 0 Å². The minimum Gasteiger partial charge on any atom is -0.457 e. The molecule has 2 aromatic rings. The summed E-state index contributed by atoms with van der Waals surface area (Å²) < 4.78 is 5.97. The molecule has 0 atom stereocenters. The zero-order valence-corrected chi connectivity index (χ0v) is 12.3. The van der Waals surface area contributed by atoms with Crippen LogP contribution < -0.4 is 10.5 Å². The molecule has 0 fully saturated rings. The summed E-state index contributed by atoms with van der Waals surface area (Å²) in [6.45, 7) is 1.97.